The number of aryl methyl sites for hydroxylation is 1. The van der Waals surface area contributed by atoms with Gasteiger partial charge in [0.15, 0.2) is 0 Å². The maximum atomic E-state index is 5.81. The Morgan fingerprint density at radius 2 is 1.74 bits per heavy atom. The molecule has 0 aliphatic heterocycles. The van der Waals surface area contributed by atoms with Crippen molar-refractivity contribution in [1.82, 2.24) is 14.7 Å². The Balaban J connectivity index is 1.85. The summed E-state index contributed by atoms with van der Waals surface area (Å²) in [6.45, 7) is 6.24. The van der Waals surface area contributed by atoms with E-state index in [0.717, 1.165) is 31.9 Å². The molecule has 4 nitrogen and oxygen atoms in total. The number of nitrogens with zero attached hydrogens (tertiary/aromatic N) is 3. The van der Waals surface area contributed by atoms with Gasteiger partial charge in [-0.1, -0.05) is 48.5 Å². The molecule has 23 heavy (non-hydrogen) atoms. The van der Waals surface area contributed by atoms with Gasteiger partial charge in [-0.05, 0) is 18.6 Å². The van der Waals surface area contributed by atoms with Gasteiger partial charge in [0.2, 0.25) is 0 Å². The van der Waals surface area contributed by atoms with Gasteiger partial charge in [0.1, 0.15) is 0 Å². The fourth-order valence-corrected chi connectivity index (χ4v) is 3.00. The Bertz CT molecular complexity index is 748. The van der Waals surface area contributed by atoms with Gasteiger partial charge in [0.25, 0.3) is 0 Å². The van der Waals surface area contributed by atoms with Gasteiger partial charge >= 0.3 is 0 Å². The third-order valence-corrected chi connectivity index (χ3v) is 4.10. The van der Waals surface area contributed by atoms with Gasteiger partial charge in [-0.15, -0.1) is 0 Å². The maximum Gasteiger partial charge on any atom is 0.0843 e. The molecule has 4 heteroatoms. The summed E-state index contributed by atoms with van der Waals surface area (Å²) >= 11 is 0. The molecular formula is C19H24N4. The minimum absolute atomic E-state index is 0.652. The number of hydrogen-bond donors (Lipinski definition) is 1. The van der Waals surface area contributed by atoms with Crippen LogP contribution in [0, 0.1) is 0 Å². The van der Waals surface area contributed by atoms with E-state index in [1.165, 1.54) is 16.5 Å². The fourth-order valence-electron chi connectivity index (χ4n) is 3.00. The average molecular weight is 308 g/mol. The molecule has 0 atom stereocenters. The van der Waals surface area contributed by atoms with Crippen LogP contribution in [0.5, 0.6) is 0 Å². The smallest absolute Gasteiger partial charge is 0.0843 e. The molecule has 0 spiro atoms. The zero-order chi connectivity index (χ0) is 16.1. The van der Waals surface area contributed by atoms with Crippen molar-refractivity contribution in [2.75, 3.05) is 13.1 Å². The Morgan fingerprint density at radius 1 is 1.00 bits per heavy atom. The molecule has 2 aromatic carbocycles. The van der Waals surface area contributed by atoms with Crippen molar-refractivity contribution in [3.63, 3.8) is 0 Å². The van der Waals surface area contributed by atoms with Crippen LogP contribution in [0.4, 0.5) is 0 Å². The number of para-hydroxylation sites is 1. The largest absolute Gasteiger partial charge is 0.329 e. The normalized spacial score (nSPS) is 11.4. The van der Waals surface area contributed by atoms with Crippen LogP contribution < -0.4 is 5.73 Å². The van der Waals surface area contributed by atoms with Gasteiger partial charge in [-0.2, -0.15) is 5.10 Å². The molecule has 0 amide bonds. The number of hydrogen-bond acceptors (Lipinski definition) is 3. The number of rotatable bonds is 7. The minimum atomic E-state index is 0.652. The van der Waals surface area contributed by atoms with Crippen LogP contribution in [-0.4, -0.2) is 27.8 Å². The van der Waals surface area contributed by atoms with Gasteiger partial charge in [0, 0.05) is 38.1 Å². The van der Waals surface area contributed by atoms with Crippen molar-refractivity contribution >= 4 is 10.9 Å². The maximum absolute atomic E-state index is 5.81. The third-order valence-electron chi connectivity index (χ3n) is 4.10. The third kappa shape index (κ3) is 3.60. The van der Waals surface area contributed by atoms with E-state index in [2.05, 4.69) is 65.0 Å². The lowest BCUT2D eigenvalue weighted by Gasteiger charge is -2.20. The Labute approximate surface area is 137 Å². The van der Waals surface area contributed by atoms with Crippen LogP contribution in [0.3, 0.4) is 0 Å². The molecule has 0 bridgehead atoms. The molecule has 0 unspecified atom stereocenters. The van der Waals surface area contributed by atoms with E-state index in [9.17, 15) is 0 Å². The summed E-state index contributed by atoms with van der Waals surface area (Å²) in [5.74, 6) is 0. The van der Waals surface area contributed by atoms with Crippen LogP contribution in [0.1, 0.15) is 18.2 Å². The second-order valence-electron chi connectivity index (χ2n) is 5.76. The van der Waals surface area contributed by atoms with E-state index in [-0.39, 0.29) is 0 Å². The van der Waals surface area contributed by atoms with Gasteiger partial charge < -0.3 is 5.73 Å². The van der Waals surface area contributed by atoms with Crippen LogP contribution in [0.25, 0.3) is 10.9 Å². The number of fused-ring (bicyclic) bond motifs is 1. The summed E-state index contributed by atoms with van der Waals surface area (Å²) < 4.78 is 2.08. The minimum Gasteiger partial charge on any atom is -0.329 e. The molecule has 3 aromatic rings. The molecule has 0 aliphatic rings. The van der Waals surface area contributed by atoms with Crippen molar-refractivity contribution in [2.45, 2.75) is 26.6 Å². The highest BCUT2D eigenvalue weighted by Crippen LogP contribution is 2.20. The van der Waals surface area contributed by atoms with E-state index < -0.39 is 0 Å². The molecular weight excluding hydrogens is 284 g/mol. The van der Waals surface area contributed by atoms with Gasteiger partial charge in [-0.3, -0.25) is 9.58 Å². The van der Waals surface area contributed by atoms with Crippen molar-refractivity contribution in [3.8, 4) is 0 Å². The van der Waals surface area contributed by atoms with Crippen molar-refractivity contribution in [1.29, 1.82) is 0 Å². The number of benzene rings is 2. The molecule has 0 saturated heterocycles. The zero-order valence-electron chi connectivity index (χ0n) is 13.7. The van der Waals surface area contributed by atoms with Crippen LogP contribution in [0.2, 0.25) is 0 Å². The quantitative estimate of drug-likeness (QED) is 0.730. The van der Waals surface area contributed by atoms with Crippen molar-refractivity contribution in [3.05, 3.63) is 65.9 Å². The fraction of sp³-hybridized carbons (Fsp3) is 0.316. The average Bonchev–Trinajstić information content (AvgIpc) is 2.94. The zero-order valence-corrected chi connectivity index (χ0v) is 13.7. The van der Waals surface area contributed by atoms with E-state index in [0.29, 0.717) is 6.54 Å². The molecule has 2 N–H and O–H groups in total. The number of nitrogens with two attached hydrogens (primary N) is 1. The predicted molar refractivity (Wildman–Crippen MR) is 95.0 cm³/mol. The molecule has 1 heterocycles. The topological polar surface area (TPSA) is 47.1 Å². The van der Waals surface area contributed by atoms with Crippen LogP contribution in [-0.2, 0) is 19.6 Å². The monoisotopic (exact) mass is 308 g/mol. The van der Waals surface area contributed by atoms with E-state index in [4.69, 9.17) is 10.8 Å². The number of aromatic nitrogens is 2. The summed E-state index contributed by atoms with van der Waals surface area (Å²) in [5.41, 5.74) is 9.46. The molecule has 1 aromatic heterocycles. The van der Waals surface area contributed by atoms with Crippen molar-refractivity contribution < 1.29 is 0 Å². The first-order valence-electron chi connectivity index (χ1n) is 8.22. The second-order valence-corrected chi connectivity index (χ2v) is 5.76. The molecule has 0 saturated carbocycles. The highest BCUT2D eigenvalue weighted by molar-refractivity contribution is 5.81. The lowest BCUT2D eigenvalue weighted by Crippen LogP contribution is -2.29. The standard InChI is InChI=1S/C19H24N4/c1-2-23-19-11-7-6-10-17(19)18(21-23)15-22(13-12-20)14-16-8-4-3-5-9-16/h3-11H,2,12-15,20H2,1H3. The summed E-state index contributed by atoms with van der Waals surface area (Å²) in [6, 6.07) is 19.0. The highest BCUT2D eigenvalue weighted by atomic mass is 15.3. The molecule has 0 aliphatic carbocycles. The second kappa shape index (κ2) is 7.40. The van der Waals surface area contributed by atoms with Crippen LogP contribution >= 0.6 is 0 Å². The van der Waals surface area contributed by atoms with Gasteiger partial charge in [-0.25, -0.2) is 0 Å². The molecule has 3 rings (SSSR count). The summed E-state index contributed by atoms with van der Waals surface area (Å²) in [4.78, 5) is 2.37. The SMILES string of the molecule is CCn1nc(CN(CCN)Cc2ccccc2)c2ccccc21. The Hall–Kier alpha value is -2.17. The summed E-state index contributed by atoms with van der Waals surface area (Å²) in [7, 11) is 0. The lowest BCUT2D eigenvalue weighted by molar-refractivity contribution is 0.261. The molecule has 0 radical (unpaired) electrons. The Morgan fingerprint density at radius 3 is 2.48 bits per heavy atom. The first-order chi connectivity index (χ1) is 11.3. The van der Waals surface area contributed by atoms with Gasteiger partial charge in [0.05, 0.1) is 11.2 Å². The predicted octanol–water partition coefficient (Wildman–Crippen LogP) is 3.02. The summed E-state index contributed by atoms with van der Waals surface area (Å²) in [5, 5.41) is 6.05. The Kier molecular flexibility index (Phi) is 5.05. The van der Waals surface area contributed by atoms with E-state index in [1.54, 1.807) is 0 Å². The van der Waals surface area contributed by atoms with E-state index in [1.807, 2.05) is 6.07 Å². The summed E-state index contributed by atoms with van der Waals surface area (Å²) in [6.07, 6.45) is 0. The first-order valence-corrected chi connectivity index (χ1v) is 8.22. The van der Waals surface area contributed by atoms with Crippen molar-refractivity contribution in [2.24, 2.45) is 5.73 Å². The first kappa shape index (κ1) is 15.7. The molecule has 120 valence electrons. The van der Waals surface area contributed by atoms with E-state index >= 15 is 0 Å². The molecule has 0 fully saturated rings. The van der Waals surface area contributed by atoms with Crippen LogP contribution in [0.15, 0.2) is 54.6 Å². The highest BCUT2D eigenvalue weighted by Gasteiger charge is 2.13. The lowest BCUT2D eigenvalue weighted by atomic mass is 10.1.